The van der Waals surface area contributed by atoms with Crippen LogP contribution in [-0.2, 0) is 29.4 Å². The van der Waals surface area contributed by atoms with Gasteiger partial charge in [-0.1, -0.05) is 0 Å². The Hall–Kier alpha value is -1.97. The van der Waals surface area contributed by atoms with Crippen LogP contribution in [0.4, 0.5) is 4.79 Å². The molecule has 0 radical (unpaired) electrons. The number of hydrogen-bond acceptors (Lipinski definition) is 10. The van der Waals surface area contributed by atoms with Crippen LogP contribution in [0, 0.1) is 10.1 Å². The molecule has 2 heterocycles. The number of rotatable bonds is 8. The van der Waals surface area contributed by atoms with E-state index < -0.39 is 42.3 Å². The zero-order valence-corrected chi connectivity index (χ0v) is 18.1. The Morgan fingerprint density at radius 2 is 2.10 bits per heavy atom. The van der Waals surface area contributed by atoms with Gasteiger partial charge < -0.3 is 14.5 Å². The molecule has 0 fully saturated rings. The monoisotopic (exact) mass is 471 g/mol. The predicted octanol–water partition coefficient (Wildman–Crippen LogP) is 1.06. The minimum atomic E-state index is -4.12. The third-order valence-corrected chi connectivity index (χ3v) is 9.66. The lowest BCUT2D eigenvalue weighted by Gasteiger charge is -2.35. The van der Waals surface area contributed by atoms with Gasteiger partial charge in [-0.15, -0.1) is 21.5 Å². The number of fused-ring (bicyclic) bond motifs is 1. The van der Waals surface area contributed by atoms with E-state index in [1.54, 1.807) is 6.92 Å². The summed E-state index contributed by atoms with van der Waals surface area (Å²) in [6.07, 6.45) is -0.595. The highest BCUT2D eigenvalue weighted by molar-refractivity contribution is 7.95. The topological polar surface area (TPSA) is 176 Å². The molecule has 2 atom stereocenters. The van der Waals surface area contributed by atoms with Gasteiger partial charge in [0.1, 0.15) is 8.42 Å². The van der Waals surface area contributed by atoms with Gasteiger partial charge in [-0.25, -0.2) is 26.8 Å². The average Bonchev–Trinajstić information content (AvgIpc) is 3.06. The van der Waals surface area contributed by atoms with Crippen molar-refractivity contribution < 1.29 is 36.3 Å². The standard InChI is InChI=1S/C14H21N3O9S3/c1-3-16(14(18)25-5-4-6-26-17(19)20)11-7-9(2)28(21,22)13-10(11)8-12(27-13)29(15,23)24/h8-9,11H,3-7H2,1-2H3,(H2,15,23,24)/t9?,11-/m0/s1. The Kier molecular flexibility index (Phi) is 7.08. The minimum Gasteiger partial charge on any atom is -0.449 e. The van der Waals surface area contributed by atoms with Gasteiger partial charge in [-0.05, 0) is 26.3 Å². The maximum atomic E-state index is 12.6. The molecule has 1 aliphatic rings. The Morgan fingerprint density at radius 1 is 1.45 bits per heavy atom. The molecule has 0 aliphatic carbocycles. The van der Waals surface area contributed by atoms with Gasteiger partial charge >= 0.3 is 6.09 Å². The molecule has 0 spiro atoms. The quantitative estimate of drug-likeness (QED) is 0.330. The lowest BCUT2D eigenvalue weighted by molar-refractivity contribution is -0.757. The molecule has 2 rings (SSSR count). The highest BCUT2D eigenvalue weighted by Crippen LogP contribution is 2.45. The van der Waals surface area contributed by atoms with Crippen LogP contribution in [0.2, 0.25) is 0 Å². The van der Waals surface area contributed by atoms with E-state index in [0.717, 1.165) is 0 Å². The summed E-state index contributed by atoms with van der Waals surface area (Å²) >= 11 is 0.563. The summed E-state index contributed by atoms with van der Waals surface area (Å²) in [4.78, 5) is 28.0. The van der Waals surface area contributed by atoms with Crippen molar-refractivity contribution in [3.05, 3.63) is 21.7 Å². The van der Waals surface area contributed by atoms with Gasteiger partial charge in [-0.3, -0.25) is 0 Å². The van der Waals surface area contributed by atoms with Crippen molar-refractivity contribution in [1.29, 1.82) is 0 Å². The minimum absolute atomic E-state index is 0.0590. The van der Waals surface area contributed by atoms with E-state index in [1.807, 2.05) is 0 Å². The predicted molar refractivity (Wildman–Crippen MR) is 101 cm³/mol. The van der Waals surface area contributed by atoms with E-state index in [9.17, 15) is 31.7 Å². The third-order valence-electron chi connectivity index (χ3n) is 4.35. The van der Waals surface area contributed by atoms with Crippen molar-refractivity contribution >= 4 is 37.3 Å². The zero-order chi connectivity index (χ0) is 22.0. The number of primary sulfonamides is 1. The van der Waals surface area contributed by atoms with E-state index >= 15 is 0 Å². The second-order valence-corrected chi connectivity index (χ2v) is 11.7. The SMILES string of the molecule is CCN(C(=O)OCCCO[N+](=O)[O-])[C@H]1CC(C)S(=O)(=O)c2sc(S(N)(=O)=O)cc21. The number of amides is 1. The maximum Gasteiger partial charge on any atom is 0.410 e. The first-order valence-electron chi connectivity index (χ1n) is 8.50. The van der Waals surface area contributed by atoms with Crippen LogP contribution in [0.3, 0.4) is 0 Å². The fourth-order valence-corrected chi connectivity index (χ4v) is 7.32. The summed E-state index contributed by atoms with van der Waals surface area (Å²) in [7, 11) is -7.87. The number of thiophene rings is 1. The lowest BCUT2D eigenvalue weighted by Crippen LogP contribution is -2.40. The Morgan fingerprint density at radius 3 is 2.66 bits per heavy atom. The molecular weight excluding hydrogens is 450 g/mol. The van der Waals surface area contributed by atoms with Crippen molar-refractivity contribution in [2.75, 3.05) is 19.8 Å². The van der Waals surface area contributed by atoms with E-state index in [4.69, 9.17) is 9.88 Å². The van der Waals surface area contributed by atoms with Crippen molar-refractivity contribution in [2.45, 2.75) is 46.4 Å². The van der Waals surface area contributed by atoms with E-state index in [0.29, 0.717) is 11.3 Å². The molecule has 164 valence electrons. The van der Waals surface area contributed by atoms with Gasteiger partial charge in [0.05, 0.1) is 24.5 Å². The van der Waals surface area contributed by atoms with Crippen molar-refractivity contribution in [1.82, 2.24) is 4.90 Å². The molecule has 1 amide bonds. The average molecular weight is 472 g/mol. The maximum absolute atomic E-state index is 12.6. The molecule has 2 N–H and O–H groups in total. The highest BCUT2D eigenvalue weighted by Gasteiger charge is 2.42. The van der Waals surface area contributed by atoms with Crippen LogP contribution in [-0.4, -0.2) is 57.9 Å². The summed E-state index contributed by atoms with van der Waals surface area (Å²) in [5.41, 5.74) is 0.188. The van der Waals surface area contributed by atoms with E-state index in [-0.39, 0.29) is 46.6 Å². The third kappa shape index (κ3) is 5.15. The first kappa shape index (κ1) is 23.3. The van der Waals surface area contributed by atoms with E-state index in [2.05, 4.69) is 4.84 Å². The summed E-state index contributed by atoms with van der Waals surface area (Å²) in [6.45, 7) is 2.94. The number of sulfonamides is 1. The van der Waals surface area contributed by atoms with Crippen LogP contribution in [0.15, 0.2) is 14.5 Å². The van der Waals surface area contributed by atoms with Crippen LogP contribution in [0.5, 0.6) is 0 Å². The second-order valence-electron chi connectivity index (χ2n) is 6.27. The Labute approximate surface area is 171 Å². The molecule has 1 aromatic heterocycles. The molecule has 0 bridgehead atoms. The van der Waals surface area contributed by atoms with Crippen molar-refractivity contribution in [2.24, 2.45) is 5.14 Å². The van der Waals surface area contributed by atoms with Crippen molar-refractivity contribution in [3.8, 4) is 0 Å². The van der Waals surface area contributed by atoms with Gasteiger partial charge in [0.25, 0.3) is 5.09 Å². The number of nitrogens with zero attached hydrogens (tertiary/aromatic N) is 2. The largest absolute Gasteiger partial charge is 0.449 e. The van der Waals surface area contributed by atoms with Crippen LogP contribution in [0.25, 0.3) is 0 Å². The smallest absolute Gasteiger partial charge is 0.410 e. The summed E-state index contributed by atoms with van der Waals surface area (Å²) in [5, 5.41) is 13.4. The normalized spacial score (nSPS) is 20.5. The Bertz CT molecular complexity index is 987. The van der Waals surface area contributed by atoms with Crippen molar-refractivity contribution in [3.63, 3.8) is 0 Å². The van der Waals surface area contributed by atoms with E-state index in [1.165, 1.54) is 17.9 Å². The molecule has 12 nitrogen and oxygen atoms in total. The molecule has 1 aromatic rings. The zero-order valence-electron chi connectivity index (χ0n) is 15.6. The number of ether oxygens (including phenoxy) is 1. The summed E-state index contributed by atoms with van der Waals surface area (Å²) in [6, 6.07) is 0.465. The number of sulfone groups is 1. The fourth-order valence-electron chi connectivity index (χ4n) is 2.92. The van der Waals surface area contributed by atoms with Crippen LogP contribution in [0.1, 0.15) is 38.3 Å². The first-order chi connectivity index (χ1) is 13.4. The number of carbonyl (C=O) groups excluding carboxylic acids is 1. The van der Waals surface area contributed by atoms with Gasteiger partial charge in [0.2, 0.25) is 10.0 Å². The fraction of sp³-hybridized carbons (Fsp3) is 0.643. The van der Waals surface area contributed by atoms with Gasteiger partial charge in [0, 0.05) is 18.5 Å². The number of hydrogen-bond donors (Lipinski definition) is 1. The van der Waals surface area contributed by atoms with Gasteiger partial charge in [0.15, 0.2) is 9.84 Å². The van der Waals surface area contributed by atoms with Crippen LogP contribution < -0.4 is 5.14 Å². The first-order valence-corrected chi connectivity index (χ1v) is 12.4. The number of carbonyl (C=O) groups is 1. The molecule has 0 saturated carbocycles. The highest BCUT2D eigenvalue weighted by atomic mass is 32.3. The molecule has 1 unspecified atom stereocenters. The second kappa shape index (κ2) is 8.81. The lowest BCUT2D eigenvalue weighted by atomic mass is 10.0. The molecular formula is C14H21N3O9S3. The summed E-state index contributed by atoms with van der Waals surface area (Å²) in [5.74, 6) is 0. The molecule has 0 aromatic carbocycles. The molecule has 29 heavy (non-hydrogen) atoms. The molecule has 15 heteroatoms. The van der Waals surface area contributed by atoms with Crippen LogP contribution >= 0.6 is 11.3 Å². The molecule has 1 aliphatic heterocycles. The summed E-state index contributed by atoms with van der Waals surface area (Å²) < 4.78 is 53.4. The van der Waals surface area contributed by atoms with Gasteiger partial charge in [-0.2, -0.15) is 0 Å². The Balaban J connectivity index is 2.27. The number of nitrogens with two attached hydrogens (primary N) is 1. The molecule has 0 saturated heterocycles.